The summed E-state index contributed by atoms with van der Waals surface area (Å²) in [5, 5.41) is 5.65. The summed E-state index contributed by atoms with van der Waals surface area (Å²) >= 11 is 0. The van der Waals surface area contributed by atoms with Crippen LogP contribution in [0.15, 0.2) is 46.7 Å². The van der Waals surface area contributed by atoms with Gasteiger partial charge in [-0.25, -0.2) is 0 Å². The number of anilines is 1. The Kier molecular flexibility index (Phi) is 3.64. The first-order valence-corrected chi connectivity index (χ1v) is 7.36. The number of hydrogen-bond donors (Lipinski definition) is 1. The summed E-state index contributed by atoms with van der Waals surface area (Å²) in [4.78, 5) is 14.9. The van der Waals surface area contributed by atoms with Crippen LogP contribution >= 0.6 is 0 Å². The molecular weight excluding hydrogens is 264 g/mol. The van der Waals surface area contributed by atoms with Crippen molar-refractivity contribution in [1.29, 1.82) is 0 Å². The lowest BCUT2D eigenvalue weighted by molar-refractivity contribution is -0.114. The number of hydrazone groups is 1. The quantitative estimate of drug-likeness (QED) is 0.803. The van der Waals surface area contributed by atoms with Gasteiger partial charge >= 0.3 is 0 Å². The van der Waals surface area contributed by atoms with Crippen molar-refractivity contribution in [2.75, 3.05) is 18.6 Å². The number of rotatable bonds is 1. The Hall–Kier alpha value is -2.30. The van der Waals surface area contributed by atoms with E-state index in [2.05, 4.69) is 10.0 Å². The first-order valence-electron chi connectivity index (χ1n) is 7.36. The molecule has 2 heterocycles. The van der Waals surface area contributed by atoms with Crippen LogP contribution < -0.4 is 10.7 Å². The lowest BCUT2D eigenvalue weighted by atomic mass is 10.1. The molecule has 21 heavy (non-hydrogen) atoms. The minimum Gasteiger partial charge on any atom is -0.382 e. The van der Waals surface area contributed by atoms with Gasteiger partial charge in [-0.3, -0.25) is 4.79 Å². The third-order valence-corrected chi connectivity index (χ3v) is 4.03. The predicted molar refractivity (Wildman–Crippen MR) is 83.7 cm³/mol. The molecule has 2 aliphatic rings. The monoisotopic (exact) mass is 284 g/mol. The summed E-state index contributed by atoms with van der Waals surface area (Å²) in [6.07, 6.45) is 4.32. The minimum absolute atomic E-state index is 0.123. The third-order valence-electron chi connectivity index (χ3n) is 4.03. The van der Waals surface area contributed by atoms with Crippen molar-refractivity contribution >= 4 is 17.4 Å². The van der Waals surface area contributed by atoms with Crippen molar-refractivity contribution < 1.29 is 4.79 Å². The Morgan fingerprint density at radius 2 is 1.90 bits per heavy atom. The summed E-state index contributed by atoms with van der Waals surface area (Å²) in [5.41, 5.74) is 8.39. The van der Waals surface area contributed by atoms with E-state index in [4.69, 9.17) is 5.73 Å². The second-order valence-corrected chi connectivity index (χ2v) is 5.49. The number of allylic oxidation sites excluding steroid dienone is 1. The molecule has 5 heteroatoms. The Balaban J connectivity index is 1.98. The van der Waals surface area contributed by atoms with Gasteiger partial charge in [0.2, 0.25) is 0 Å². The Morgan fingerprint density at radius 3 is 2.67 bits per heavy atom. The van der Waals surface area contributed by atoms with Crippen LogP contribution in [-0.4, -0.2) is 30.2 Å². The second-order valence-electron chi connectivity index (χ2n) is 5.49. The smallest absolute Gasteiger partial charge is 0.284 e. The maximum absolute atomic E-state index is 12.7. The molecule has 1 amide bonds. The van der Waals surface area contributed by atoms with Crippen molar-refractivity contribution in [2.45, 2.75) is 25.7 Å². The van der Waals surface area contributed by atoms with E-state index < -0.39 is 0 Å². The molecule has 3 rings (SSSR count). The van der Waals surface area contributed by atoms with Crippen molar-refractivity contribution in [1.82, 2.24) is 4.90 Å². The number of nitrogens with zero attached hydrogens (tertiary/aromatic N) is 3. The van der Waals surface area contributed by atoms with Gasteiger partial charge in [0.05, 0.1) is 5.69 Å². The van der Waals surface area contributed by atoms with Crippen LogP contribution in [0.25, 0.3) is 0 Å². The van der Waals surface area contributed by atoms with E-state index in [0.29, 0.717) is 11.4 Å². The molecule has 0 radical (unpaired) electrons. The van der Waals surface area contributed by atoms with Crippen LogP contribution in [0, 0.1) is 0 Å². The molecule has 5 nitrogen and oxygen atoms in total. The molecule has 2 N–H and O–H groups in total. The topological polar surface area (TPSA) is 61.9 Å². The maximum atomic E-state index is 12.7. The Labute approximate surface area is 124 Å². The number of amides is 1. The zero-order valence-electron chi connectivity index (χ0n) is 12.2. The van der Waals surface area contributed by atoms with Gasteiger partial charge in [0.1, 0.15) is 5.57 Å². The molecule has 0 unspecified atom stereocenters. The van der Waals surface area contributed by atoms with Crippen molar-refractivity contribution in [3.8, 4) is 0 Å². The van der Waals surface area contributed by atoms with Gasteiger partial charge in [-0.1, -0.05) is 24.6 Å². The molecule has 0 aromatic heterocycles. The standard InChI is InChI=1S/C16H20N4O/c1-19-11-7-3-6-10-13(19)14-15(17)18-20(16(14)21)12-8-4-2-5-9-12/h2,4-5,8-9H,3,6-7,10-11H2,1H3,(H2,17,18)/b14-13+. The van der Waals surface area contributed by atoms with Gasteiger partial charge < -0.3 is 10.6 Å². The molecule has 0 bridgehead atoms. The van der Waals surface area contributed by atoms with Gasteiger partial charge in [-0.2, -0.15) is 5.01 Å². The average Bonchev–Trinajstić information content (AvgIpc) is 2.65. The van der Waals surface area contributed by atoms with E-state index >= 15 is 0 Å². The highest BCUT2D eigenvalue weighted by atomic mass is 16.2. The minimum atomic E-state index is -0.123. The third kappa shape index (κ3) is 2.51. The van der Waals surface area contributed by atoms with E-state index in [1.807, 2.05) is 37.4 Å². The molecule has 110 valence electrons. The lowest BCUT2D eigenvalue weighted by Gasteiger charge is -2.21. The fourth-order valence-corrected chi connectivity index (χ4v) is 2.89. The van der Waals surface area contributed by atoms with Gasteiger partial charge in [-0.05, 0) is 31.4 Å². The van der Waals surface area contributed by atoms with Crippen LogP contribution in [0.1, 0.15) is 25.7 Å². The van der Waals surface area contributed by atoms with E-state index in [1.165, 1.54) is 11.4 Å². The number of carbonyl (C=O) groups excluding carboxylic acids is 1. The SMILES string of the molecule is CN1CCCCC/C1=C1\C(=O)N(c2ccccc2)N=C1N. The fourth-order valence-electron chi connectivity index (χ4n) is 2.89. The average molecular weight is 284 g/mol. The summed E-state index contributed by atoms with van der Waals surface area (Å²) in [6, 6.07) is 9.40. The highest BCUT2D eigenvalue weighted by Crippen LogP contribution is 2.28. The van der Waals surface area contributed by atoms with Crippen LogP contribution in [0.5, 0.6) is 0 Å². The Morgan fingerprint density at radius 1 is 1.14 bits per heavy atom. The largest absolute Gasteiger partial charge is 0.382 e. The molecule has 0 saturated carbocycles. The molecule has 0 atom stereocenters. The number of nitrogens with two attached hydrogens (primary N) is 1. The number of amidine groups is 1. The molecule has 1 saturated heterocycles. The molecular formula is C16H20N4O. The van der Waals surface area contributed by atoms with Crippen molar-refractivity contribution in [2.24, 2.45) is 10.8 Å². The Bertz CT molecular complexity index is 606. The predicted octanol–water partition coefficient (Wildman–Crippen LogP) is 2.07. The zero-order valence-corrected chi connectivity index (χ0v) is 12.2. The summed E-state index contributed by atoms with van der Waals surface area (Å²) < 4.78 is 0. The normalized spacial score (nSPS) is 23.3. The van der Waals surface area contributed by atoms with Gasteiger partial charge in [0, 0.05) is 19.3 Å². The number of benzene rings is 1. The lowest BCUT2D eigenvalue weighted by Crippen LogP contribution is -2.28. The molecule has 1 aromatic rings. The molecule has 2 aliphatic heterocycles. The van der Waals surface area contributed by atoms with E-state index in [-0.39, 0.29) is 5.91 Å². The zero-order chi connectivity index (χ0) is 14.8. The summed E-state index contributed by atoms with van der Waals surface area (Å²) in [6.45, 7) is 0.963. The molecule has 0 aliphatic carbocycles. The van der Waals surface area contributed by atoms with Gasteiger partial charge in [-0.15, -0.1) is 5.10 Å². The number of carbonyl (C=O) groups is 1. The second kappa shape index (κ2) is 5.60. The van der Waals surface area contributed by atoms with Crippen LogP contribution in [0.2, 0.25) is 0 Å². The number of likely N-dealkylation sites (tertiary alicyclic amines) is 1. The first kappa shape index (κ1) is 13.7. The van der Waals surface area contributed by atoms with Crippen LogP contribution in [0.4, 0.5) is 5.69 Å². The van der Waals surface area contributed by atoms with Gasteiger partial charge in [0.25, 0.3) is 5.91 Å². The highest BCUT2D eigenvalue weighted by molar-refractivity contribution is 6.29. The molecule has 1 aromatic carbocycles. The van der Waals surface area contributed by atoms with E-state index in [9.17, 15) is 4.79 Å². The van der Waals surface area contributed by atoms with Crippen LogP contribution in [0.3, 0.4) is 0 Å². The summed E-state index contributed by atoms with van der Waals surface area (Å²) in [7, 11) is 2.03. The molecule has 1 fully saturated rings. The molecule has 0 spiro atoms. The fraction of sp³-hybridized carbons (Fsp3) is 0.375. The maximum Gasteiger partial charge on any atom is 0.284 e. The first-order chi connectivity index (χ1) is 10.2. The van der Waals surface area contributed by atoms with E-state index in [1.54, 1.807) is 0 Å². The van der Waals surface area contributed by atoms with Crippen molar-refractivity contribution in [3.05, 3.63) is 41.6 Å². The van der Waals surface area contributed by atoms with Crippen molar-refractivity contribution in [3.63, 3.8) is 0 Å². The number of para-hydroxylation sites is 1. The van der Waals surface area contributed by atoms with E-state index in [0.717, 1.165) is 37.2 Å². The highest BCUT2D eigenvalue weighted by Gasteiger charge is 2.33. The summed E-state index contributed by atoms with van der Waals surface area (Å²) in [5.74, 6) is 0.204. The van der Waals surface area contributed by atoms with Gasteiger partial charge in [0.15, 0.2) is 5.84 Å². The number of hydrogen-bond acceptors (Lipinski definition) is 4. The van der Waals surface area contributed by atoms with Crippen LogP contribution in [-0.2, 0) is 4.79 Å².